The molecule has 176 valence electrons. The lowest BCUT2D eigenvalue weighted by Crippen LogP contribution is -2.52. The van der Waals surface area contributed by atoms with Gasteiger partial charge in [0.25, 0.3) is 0 Å². The predicted molar refractivity (Wildman–Crippen MR) is 133 cm³/mol. The van der Waals surface area contributed by atoms with E-state index in [9.17, 15) is 4.79 Å². The van der Waals surface area contributed by atoms with E-state index in [4.69, 9.17) is 10.7 Å². The topological polar surface area (TPSA) is 90.1 Å². The van der Waals surface area contributed by atoms with E-state index in [0.29, 0.717) is 6.54 Å². The number of carbonyl (C=O) groups is 1. The van der Waals surface area contributed by atoms with E-state index in [0.717, 1.165) is 76.0 Å². The molecule has 0 bridgehead atoms. The summed E-state index contributed by atoms with van der Waals surface area (Å²) < 4.78 is 0. The molecule has 0 saturated carbocycles. The van der Waals surface area contributed by atoms with Crippen molar-refractivity contribution in [2.24, 2.45) is 16.6 Å². The van der Waals surface area contributed by atoms with Gasteiger partial charge in [-0.2, -0.15) is 0 Å². The van der Waals surface area contributed by atoms with Crippen LogP contribution in [-0.2, 0) is 11.3 Å². The van der Waals surface area contributed by atoms with Crippen LogP contribution < -0.4 is 20.9 Å². The number of nitrogens with one attached hydrogen (secondary N) is 1. The van der Waals surface area contributed by atoms with Gasteiger partial charge in [0.2, 0.25) is 5.91 Å². The summed E-state index contributed by atoms with van der Waals surface area (Å²) in [4.78, 5) is 28.2. The number of nitrogens with zero attached hydrogens (tertiary/aromatic N) is 5. The standard InChI is InChI=1S/C25H35N7O/c1-2-27-25(32-17-15-30(16-18-32)22-8-4-3-5-9-22)29-19-21-7-6-12-28-24(21)31-13-10-20(11-14-31)23(26)33/h3-9,12,20H,2,10-11,13-19H2,1H3,(H2,26,33)(H,27,29). The number of piperidine rings is 1. The highest BCUT2D eigenvalue weighted by Crippen LogP contribution is 2.25. The molecule has 0 radical (unpaired) electrons. The maximum absolute atomic E-state index is 11.5. The van der Waals surface area contributed by atoms with Crippen LogP contribution in [0, 0.1) is 5.92 Å². The molecule has 1 aromatic heterocycles. The zero-order valence-electron chi connectivity index (χ0n) is 19.5. The third-order valence-corrected chi connectivity index (χ3v) is 6.50. The first-order chi connectivity index (χ1) is 16.2. The van der Waals surface area contributed by atoms with Gasteiger partial charge in [-0.05, 0) is 38.0 Å². The largest absolute Gasteiger partial charge is 0.369 e. The van der Waals surface area contributed by atoms with Crippen LogP contribution in [0.15, 0.2) is 53.7 Å². The Bertz CT molecular complexity index is 933. The molecule has 2 aliphatic rings. The van der Waals surface area contributed by atoms with Gasteiger partial charge in [-0.1, -0.05) is 24.3 Å². The number of para-hydroxylation sites is 1. The van der Waals surface area contributed by atoms with Crippen LogP contribution in [-0.4, -0.2) is 67.6 Å². The fourth-order valence-electron chi connectivity index (χ4n) is 4.62. The van der Waals surface area contributed by atoms with Crippen LogP contribution in [0.2, 0.25) is 0 Å². The molecule has 2 fully saturated rings. The molecule has 4 rings (SSSR count). The van der Waals surface area contributed by atoms with Crippen molar-refractivity contribution in [2.75, 3.05) is 55.6 Å². The van der Waals surface area contributed by atoms with E-state index in [-0.39, 0.29) is 11.8 Å². The van der Waals surface area contributed by atoms with Crippen LogP contribution in [0.5, 0.6) is 0 Å². The Morgan fingerprint density at radius 1 is 1.03 bits per heavy atom. The summed E-state index contributed by atoms with van der Waals surface area (Å²) in [5.41, 5.74) is 7.88. The van der Waals surface area contributed by atoms with Crippen molar-refractivity contribution >= 4 is 23.4 Å². The minimum atomic E-state index is -0.192. The SMILES string of the molecule is CCNC(=NCc1cccnc1N1CCC(C(N)=O)CC1)N1CCN(c2ccccc2)CC1. The minimum absolute atomic E-state index is 0.0265. The summed E-state index contributed by atoms with van der Waals surface area (Å²) >= 11 is 0. The number of hydrogen-bond donors (Lipinski definition) is 2. The van der Waals surface area contributed by atoms with Crippen LogP contribution >= 0.6 is 0 Å². The molecule has 0 unspecified atom stereocenters. The van der Waals surface area contributed by atoms with Gasteiger partial charge in [0, 0.05) is 69.2 Å². The number of pyridine rings is 1. The summed E-state index contributed by atoms with van der Waals surface area (Å²) in [6, 6.07) is 14.7. The quantitative estimate of drug-likeness (QED) is 0.518. The van der Waals surface area contributed by atoms with Crippen LogP contribution in [0.1, 0.15) is 25.3 Å². The fraction of sp³-hybridized carbons (Fsp3) is 0.480. The van der Waals surface area contributed by atoms with Gasteiger partial charge in [0.05, 0.1) is 6.54 Å². The molecule has 1 aromatic carbocycles. The maximum Gasteiger partial charge on any atom is 0.220 e. The molecule has 2 aromatic rings. The molecule has 8 heteroatoms. The number of guanidine groups is 1. The van der Waals surface area contributed by atoms with E-state index in [2.05, 4.69) is 68.3 Å². The molecular weight excluding hydrogens is 414 g/mol. The molecule has 0 atom stereocenters. The maximum atomic E-state index is 11.5. The Morgan fingerprint density at radius 3 is 2.42 bits per heavy atom. The van der Waals surface area contributed by atoms with Crippen LogP contribution in [0.3, 0.4) is 0 Å². The number of carbonyl (C=O) groups excluding carboxylic acids is 1. The Morgan fingerprint density at radius 2 is 1.76 bits per heavy atom. The molecular formula is C25H35N7O. The first-order valence-corrected chi connectivity index (χ1v) is 12.0. The summed E-state index contributed by atoms with van der Waals surface area (Å²) in [6.07, 6.45) is 3.39. The average molecular weight is 450 g/mol. The van der Waals surface area contributed by atoms with Crippen LogP contribution in [0.4, 0.5) is 11.5 Å². The molecule has 0 spiro atoms. The molecule has 0 aliphatic carbocycles. The van der Waals surface area contributed by atoms with Crippen molar-refractivity contribution in [3.05, 3.63) is 54.2 Å². The summed E-state index contributed by atoms with van der Waals surface area (Å²) in [6.45, 7) is 8.91. The highest BCUT2D eigenvalue weighted by molar-refractivity contribution is 5.80. The number of anilines is 2. The normalized spacial score (nSPS) is 17.8. The van der Waals surface area contributed by atoms with Crippen molar-refractivity contribution in [1.29, 1.82) is 0 Å². The lowest BCUT2D eigenvalue weighted by atomic mass is 9.96. The molecule has 2 aliphatic heterocycles. The predicted octanol–water partition coefficient (Wildman–Crippen LogP) is 2.07. The van der Waals surface area contributed by atoms with Gasteiger partial charge in [-0.3, -0.25) is 4.79 Å². The van der Waals surface area contributed by atoms with Crippen molar-refractivity contribution in [2.45, 2.75) is 26.3 Å². The summed E-state index contributed by atoms with van der Waals surface area (Å²) in [5, 5.41) is 3.47. The monoisotopic (exact) mass is 449 g/mol. The Kier molecular flexibility index (Phi) is 7.65. The van der Waals surface area contributed by atoms with Crippen molar-refractivity contribution in [1.82, 2.24) is 15.2 Å². The molecule has 3 N–H and O–H groups in total. The highest BCUT2D eigenvalue weighted by Gasteiger charge is 2.25. The van der Waals surface area contributed by atoms with Gasteiger partial charge < -0.3 is 25.8 Å². The molecule has 2 saturated heterocycles. The number of rotatable bonds is 6. The van der Waals surface area contributed by atoms with E-state index in [1.165, 1.54) is 5.69 Å². The van der Waals surface area contributed by atoms with E-state index >= 15 is 0 Å². The van der Waals surface area contributed by atoms with Crippen molar-refractivity contribution < 1.29 is 4.79 Å². The number of piperazine rings is 1. The van der Waals surface area contributed by atoms with Gasteiger partial charge in [0.1, 0.15) is 5.82 Å². The second-order valence-electron chi connectivity index (χ2n) is 8.63. The minimum Gasteiger partial charge on any atom is -0.369 e. The lowest BCUT2D eigenvalue weighted by molar-refractivity contribution is -0.122. The first kappa shape index (κ1) is 22.9. The molecule has 3 heterocycles. The van der Waals surface area contributed by atoms with Gasteiger partial charge in [0.15, 0.2) is 5.96 Å². The molecule has 8 nitrogen and oxygen atoms in total. The second-order valence-corrected chi connectivity index (χ2v) is 8.63. The molecule has 1 amide bonds. The third kappa shape index (κ3) is 5.74. The van der Waals surface area contributed by atoms with Crippen LogP contribution in [0.25, 0.3) is 0 Å². The number of amides is 1. The third-order valence-electron chi connectivity index (χ3n) is 6.50. The number of primary amides is 1. The number of aliphatic imine (C=N–C) groups is 1. The Balaban J connectivity index is 1.41. The van der Waals surface area contributed by atoms with Gasteiger partial charge in [-0.25, -0.2) is 9.98 Å². The van der Waals surface area contributed by atoms with Crippen molar-refractivity contribution in [3.63, 3.8) is 0 Å². The van der Waals surface area contributed by atoms with Crippen molar-refractivity contribution in [3.8, 4) is 0 Å². The number of aromatic nitrogens is 1. The summed E-state index contributed by atoms with van der Waals surface area (Å²) in [5.74, 6) is 1.70. The average Bonchev–Trinajstić information content (AvgIpc) is 2.87. The molecule has 33 heavy (non-hydrogen) atoms. The number of benzene rings is 1. The van der Waals surface area contributed by atoms with E-state index in [1.807, 2.05) is 12.3 Å². The number of nitrogens with two attached hydrogens (primary N) is 1. The number of hydrogen-bond acceptors (Lipinski definition) is 5. The highest BCUT2D eigenvalue weighted by atomic mass is 16.1. The van der Waals surface area contributed by atoms with E-state index < -0.39 is 0 Å². The smallest absolute Gasteiger partial charge is 0.220 e. The van der Waals surface area contributed by atoms with Gasteiger partial charge >= 0.3 is 0 Å². The summed E-state index contributed by atoms with van der Waals surface area (Å²) in [7, 11) is 0. The van der Waals surface area contributed by atoms with E-state index in [1.54, 1.807) is 0 Å². The Hall–Kier alpha value is -3.29. The zero-order valence-corrected chi connectivity index (χ0v) is 19.5. The lowest BCUT2D eigenvalue weighted by Gasteiger charge is -2.37. The zero-order chi connectivity index (χ0) is 23.0. The Labute approximate surface area is 196 Å². The fourth-order valence-corrected chi connectivity index (χ4v) is 4.62. The second kappa shape index (κ2) is 11.0. The first-order valence-electron chi connectivity index (χ1n) is 12.0. The van der Waals surface area contributed by atoms with Gasteiger partial charge in [-0.15, -0.1) is 0 Å².